The summed E-state index contributed by atoms with van der Waals surface area (Å²) in [6, 6.07) is 35.5. The number of ether oxygens (including phenoxy) is 8. The van der Waals surface area contributed by atoms with Gasteiger partial charge in [0.1, 0.15) is 36.6 Å². The smallest absolute Gasteiger partial charge is 0.303 e. The summed E-state index contributed by atoms with van der Waals surface area (Å²) in [4.78, 5) is 40.9. The molecule has 2 heterocycles. The highest BCUT2D eigenvalue weighted by Gasteiger charge is 2.55. The van der Waals surface area contributed by atoms with E-state index in [0.29, 0.717) is 0 Å². The molecule has 4 aromatic rings. The van der Waals surface area contributed by atoms with Crippen LogP contribution in [0.15, 0.2) is 115 Å². The van der Waals surface area contributed by atoms with E-state index in [9.17, 15) is 14.4 Å². The summed E-state index contributed by atoms with van der Waals surface area (Å²) in [7, 11) is -2.39. The highest BCUT2D eigenvalue weighted by molar-refractivity contribution is 6.74. The Morgan fingerprint density at radius 3 is 1.69 bits per heavy atom. The molecule has 65 heavy (non-hydrogen) atoms. The predicted molar refractivity (Wildman–Crippen MR) is 246 cm³/mol. The van der Waals surface area contributed by atoms with Crippen molar-refractivity contribution in [1.29, 1.82) is 0 Å². The molecule has 1 N–H and O–H groups in total. The van der Waals surface area contributed by atoms with Gasteiger partial charge in [-0.3, -0.25) is 14.4 Å². The van der Waals surface area contributed by atoms with E-state index in [2.05, 4.69) is 39.2 Å². The van der Waals surface area contributed by atoms with E-state index in [-0.39, 0.29) is 44.7 Å². The third-order valence-corrected chi connectivity index (χ3v) is 16.5. The van der Waals surface area contributed by atoms with Crippen molar-refractivity contribution in [3.63, 3.8) is 0 Å². The summed E-state index contributed by atoms with van der Waals surface area (Å²) in [6.45, 7) is 15.9. The van der Waals surface area contributed by atoms with Crippen LogP contribution in [0.3, 0.4) is 0 Å². The van der Waals surface area contributed by atoms with E-state index in [0.717, 1.165) is 27.8 Å². The minimum Gasteiger partial charge on any atom is -0.454 e. The molecule has 2 fully saturated rings. The van der Waals surface area contributed by atoms with Crippen LogP contribution in [0.1, 0.15) is 62.4 Å². The Morgan fingerprint density at radius 2 is 1.17 bits per heavy atom. The van der Waals surface area contributed by atoms with Gasteiger partial charge in [0.25, 0.3) is 0 Å². The maximum atomic E-state index is 14.8. The number of rotatable bonds is 20. The number of carbonyl (C=O) groups excluding carboxylic acids is 3. The first-order valence-corrected chi connectivity index (χ1v) is 25.2. The first-order chi connectivity index (χ1) is 31.1. The average Bonchev–Trinajstić information content (AvgIpc) is 3.27. The molecule has 0 aliphatic carbocycles. The molecule has 350 valence electrons. The SMILES string of the molecule is CC(=O)N[C@H]1[C@H](OCc2ccccc2)O[C@H](COCc2ccc(C)cc2)C(=O)[C@@H]1O[C@@H]1O[C@H](CO[Si](C)(C)C(C)(C)C)[C@@H](OCc2ccccc2)[C@H](OCc2ccccc2)[C@H]1OC(C)=O. The minimum absolute atomic E-state index is 0.0724. The van der Waals surface area contributed by atoms with Crippen molar-refractivity contribution in [2.75, 3.05) is 13.2 Å². The molecular weight excluding hydrogens is 847 g/mol. The predicted octanol–water partition coefficient (Wildman–Crippen LogP) is 7.76. The van der Waals surface area contributed by atoms with Crippen LogP contribution in [0.25, 0.3) is 0 Å². The lowest BCUT2D eigenvalue weighted by Gasteiger charge is -2.48. The monoisotopic (exact) mass is 911 g/mol. The Balaban J connectivity index is 1.38. The van der Waals surface area contributed by atoms with Crippen molar-refractivity contribution in [3.8, 4) is 0 Å². The fourth-order valence-electron chi connectivity index (χ4n) is 7.35. The van der Waals surface area contributed by atoms with Crippen LogP contribution in [0.5, 0.6) is 0 Å². The largest absolute Gasteiger partial charge is 0.454 e. The van der Waals surface area contributed by atoms with Gasteiger partial charge in [-0.2, -0.15) is 0 Å². The van der Waals surface area contributed by atoms with E-state index in [1.165, 1.54) is 13.8 Å². The van der Waals surface area contributed by atoms with Crippen molar-refractivity contribution in [3.05, 3.63) is 143 Å². The number of benzene rings is 4. The molecule has 1 amide bonds. The Kier molecular flexibility index (Phi) is 17.8. The van der Waals surface area contributed by atoms with Gasteiger partial charge in [-0.15, -0.1) is 0 Å². The van der Waals surface area contributed by atoms with Crippen LogP contribution in [-0.4, -0.2) is 94.4 Å². The summed E-state index contributed by atoms with van der Waals surface area (Å²) < 4.78 is 58.9. The van der Waals surface area contributed by atoms with E-state index in [4.69, 9.17) is 42.3 Å². The number of carbonyl (C=O) groups is 3. The molecule has 2 aliphatic heterocycles. The summed E-state index contributed by atoms with van der Waals surface area (Å²) >= 11 is 0. The molecule has 14 heteroatoms. The number of ketones is 1. The summed E-state index contributed by atoms with van der Waals surface area (Å²) in [5.41, 5.74) is 4.63. The van der Waals surface area contributed by atoms with Crippen LogP contribution in [-0.2, 0) is 83.1 Å². The van der Waals surface area contributed by atoms with E-state index >= 15 is 0 Å². The summed E-state index contributed by atoms with van der Waals surface area (Å²) in [6.07, 6.45) is -9.21. The first-order valence-electron chi connectivity index (χ1n) is 22.3. The molecule has 0 aromatic heterocycles. The van der Waals surface area contributed by atoms with Gasteiger partial charge in [0.2, 0.25) is 5.91 Å². The molecule has 9 atom stereocenters. The zero-order valence-electron chi connectivity index (χ0n) is 38.8. The molecule has 0 unspecified atom stereocenters. The van der Waals surface area contributed by atoms with Crippen LogP contribution < -0.4 is 5.32 Å². The Bertz CT molecular complexity index is 2100. The average molecular weight is 912 g/mol. The quantitative estimate of drug-likeness (QED) is 0.0683. The topological polar surface area (TPSA) is 146 Å². The lowest BCUT2D eigenvalue weighted by Crippen LogP contribution is -2.67. The summed E-state index contributed by atoms with van der Waals surface area (Å²) in [5.74, 6) is -1.63. The number of Topliss-reactive ketones (excluding diaryl/α,β-unsaturated/α-hetero) is 1. The maximum absolute atomic E-state index is 14.8. The van der Waals surface area contributed by atoms with Gasteiger partial charge in [-0.25, -0.2) is 0 Å². The fraction of sp³-hybridized carbons (Fsp3) is 0.471. The Labute approximate surface area is 384 Å². The van der Waals surface area contributed by atoms with Gasteiger partial charge in [0.15, 0.2) is 32.8 Å². The van der Waals surface area contributed by atoms with Crippen molar-refractivity contribution in [1.82, 2.24) is 5.32 Å². The van der Waals surface area contributed by atoms with Crippen molar-refractivity contribution in [2.45, 2.75) is 141 Å². The fourth-order valence-corrected chi connectivity index (χ4v) is 8.36. The number of hydrogen-bond donors (Lipinski definition) is 1. The third kappa shape index (κ3) is 14.2. The number of hydrogen-bond acceptors (Lipinski definition) is 12. The molecule has 0 spiro atoms. The van der Waals surface area contributed by atoms with Gasteiger partial charge in [0.05, 0.1) is 39.6 Å². The van der Waals surface area contributed by atoms with Gasteiger partial charge >= 0.3 is 5.97 Å². The number of aryl methyl sites for hydroxylation is 1. The zero-order chi connectivity index (χ0) is 46.6. The van der Waals surface area contributed by atoms with Crippen LogP contribution in [0, 0.1) is 6.92 Å². The van der Waals surface area contributed by atoms with Crippen molar-refractivity contribution in [2.24, 2.45) is 0 Å². The first kappa shape index (κ1) is 49.8. The second-order valence-electron chi connectivity index (χ2n) is 18.2. The molecule has 0 radical (unpaired) electrons. The lowest BCUT2D eigenvalue weighted by atomic mass is 9.95. The van der Waals surface area contributed by atoms with Crippen LogP contribution in [0.2, 0.25) is 18.1 Å². The second-order valence-corrected chi connectivity index (χ2v) is 23.0. The third-order valence-electron chi connectivity index (χ3n) is 12.0. The molecule has 0 saturated carbocycles. The van der Waals surface area contributed by atoms with E-state index < -0.39 is 81.2 Å². The number of esters is 1. The van der Waals surface area contributed by atoms with Gasteiger partial charge < -0.3 is 47.6 Å². The van der Waals surface area contributed by atoms with Crippen molar-refractivity contribution >= 4 is 26.0 Å². The molecular formula is C51H65NO12Si. The molecule has 13 nitrogen and oxygen atoms in total. The number of nitrogens with one attached hydrogen (secondary N) is 1. The molecule has 2 saturated heterocycles. The second kappa shape index (κ2) is 23.2. The molecule has 4 aromatic carbocycles. The Morgan fingerprint density at radius 1 is 0.646 bits per heavy atom. The minimum atomic E-state index is -2.39. The van der Waals surface area contributed by atoms with E-state index in [1.807, 2.05) is 122 Å². The number of amides is 1. The standard InChI is InChI=1S/C51H65NO12Si/c1-34-24-26-40(27-25-34)28-56-32-41-44(55)46(43(52-35(2)53)49(62-41)59-31-39-22-16-11-17-23-39)64-50-48(61-36(3)54)47(58-30-38-20-14-10-15-21-38)45(57-29-37-18-12-9-13-19-37)42(63-50)33-60-65(7,8)51(4,5)6/h9-27,41-43,45-50H,28-33H2,1-8H3,(H,52,53)/t41-,42-,43-,45-,46-,47+,48-,49-,50+/m1/s1. The van der Waals surface area contributed by atoms with Gasteiger partial charge in [-0.05, 0) is 47.3 Å². The van der Waals surface area contributed by atoms with Gasteiger partial charge in [-0.1, -0.05) is 142 Å². The maximum Gasteiger partial charge on any atom is 0.303 e. The van der Waals surface area contributed by atoms with Crippen molar-refractivity contribution < 1.29 is 56.7 Å². The molecule has 2 aliphatic rings. The highest BCUT2D eigenvalue weighted by atomic mass is 28.4. The zero-order valence-corrected chi connectivity index (χ0v) is 39.8. The van der Waals surface area contributed by atoms with E-state index in [1.54, 1.807) is 0 Å². The normalized spacial score (nSPS) is 24.9. The van der Waals surface area contributed by atoms with Crippen LogP contribution in [0.4, 0.5) is 0 Å². The summed E-state index contributed by atoms with van der Waals surface area (Å²) in [5, 5.41) is 2.72. The Hall–Kier alpha value is -4.61. The highest BCUT2D eigenvalue weighted by Crippen LogP contribution is 2.39. The van der Waals surface area contributed by atoms with Crippen LogP contribution >= 0.6 is 0 Å². The molecule has 6 rings (SSSR count). The van der Waals surface area contributed by atoms with Gasteiger partial charge in [0, 0.05) is 13.8 Å². The lowest BCUT2D eigenvalue weighted by molar-refractivity contribution is -0.334. The molecule has 0 bridgehead atoms.